The van der Waals surface area contributed by atoms with Gasteiger partial charge in [0.15, 0.2) is 5.96 Å². The highest BCUT2D eigenvalue weighted by Crippen LogP contribution is 2.07. The molecule has 23 heavy (non-hydrogen) atoms. The molecule has 0 aromatic heterocycles. The Bertz CT molecular complexity index is 487. The first-order valence-corrected chi connectivity index (χ1v) is 8.13. The first-order chi connectivity index (χ1) is 10.8. The highest BCUT2D eigenvalue weighted by Gasteiger charge is 2.15. The molecule has 2 N–H and O–H groups in total. The zero-order valence-electron chi connectivity index (χ0n) is 13.8. The molecule has 5 nitrogen and oxygen atoms in total. The number of halogens is 1. The van der Waals surface area contributed by atoms with Crippen LogP contribution in [0.15, 0.2) is 35.3 Å². The van der Waals surface area contributed by atoms with Crippen molar-refractivity contribution in [2.24, 2.45) is 4.99 Å². The average molecular weight is 430 g/mol. The summed E-state index contributed by atoms with van der Waals surface area (Å²) >= 11 is 0. The molecule has 1 heterocycles. The number of nitrogens with one attached hydrogen (secondary N) is 2. The third-order valence-corrected chi connectivity index (χ3v) is 3.67. The highest BCUT2D eigenvalue weighted by molar-refractivity contribution is 14.0. The highest BCUT2D eigenvalue weighted by atomic mass is 127. The summed E-state index contributed by atoms with van der Waals surface area (Å²) in [5, 5.41) is 6.23. The van der Waals surface area contributed by atoms with E-state index in [0.29, 0.717) is 19.5 Å². The number of carbonyl (C=O) groups is 1. The molecule has 0 unspecified atom stereocenters. The summed E-state index contributed by atoms with van der Waals surface area (Å²) in [6, 6.07) is 9.94. The maximum absolute atomic E-state index is 11.9. The third kappa shape index (κ3) is 7.20. The van der Waals surface area contributed by atoms with Crippen LogP contribution in [-0.2, 0) is 11.3 Å². The van der Waals surface area contributed by atoms with Crippen LogP contribution >= 0.6 is 24.0 Å². The summed E-state index contributed by atoms with van der Waals surface area (Å²) in [5.74, 6) is 0.987. The van der Waals surface area contributed by atoms with Crippen LogP contribution in [-0.4, -0.2) is 42.9 Å². The normalized spacial score (nSPS) is 14.3. The first kappa shape index (κ1) is 19.7. The van der Waals surface area contributed by atoms with E-state index in [-0.39, 0.29) is 29.9 Å². The molecule has 128 valence electrons. The Kier molecular flexibility index (Phi) is 9.66. The Morgan fingerprint density at radius 2 is 1.87 bits per heavy atom. The summed E-state index contributed by atoms with van der Waals surface area (Å²) in [6.07, 6.45) is 2.87. The standard InChI is InChI=1S/C17H26N4O.HI/c1-2-18-17(21-12-6-7-13-21)19-11-10-16(22)20-14-15-8-4-3-5-9-15;/h3-5,8-9H,2,6-7,10-14H2,1H3,(H,18,19)(H,20,22);1H. The van der Waals surface area contributed by atoms with Crippen molar-refractivity contribution in [3.05, 3.63) is 35.9 Å². The molecular formula is C17H27IN4O. The minimum atomic E-state index is 0. The zero-order valence-corrected chi connectivity index (χ0v) is 16.1. The van der Waals surface area contributed by atoms with E-state index in [1.165, 1.54) is 12.8 Å². The lowest BCUT2D eigenvalue weighted by Crippen LogP contribution is -2.39. The molecule has 0 aliphatic carbocycles. The molecule has 0 saturated carbocycles. The van der Waals surface area contributed by atoms with Gasteiger partial charge in [0.1, 0.15) is 0 Å². The number of guanidine groups is 1. The predicted molar refractivity (Wildman–Crippen MR) is 105 cm³/mol. The lowest BCUT2D eigenvalue weighted by molar-refractivity contribution is -0.121. The van der Waals surface area contributed by atoms with Crippen molar-refractivity contribution in [3.63, 3.8) is 0 Å². The third-order valence-electron chi connectivity index (χ3n) is 3.67. The van der Waals surface area contributed by atoms with Crippen LogP contribution in [0.25, 0.3) is 0 Å². The van der Waals surface area contributed by atoms with Crippen LogP contribution in [0.1, 0.15) is 31.7 Å². The molecule has 0 spiro atoms. The Balaban J connectivity index is 0.00000264. The lowest BCUT2D eigenvalue weighted by Gasteiger charge is -2.20. The van der Waals surface area contributed by atoms with Gasteiger partial charge in [-0.3, -0.25) is 9.79 Å². The summed E-state index contributed by atoms with van der Waals surface area (Å²) in [7, 11) is 0. The molecule has 1 aliphatic heterocycles. The van der Waals surface area contributed by atoms with Gasteiger partial charge in [-0.15, -0.1) is 24.0 Å². The first-order valence-electron chi connectivity index (χ1n) is 8.13. The van der Waals surface area contributed by atoms with E-state index < -0.39 is 0 Å². The van der Waals surface area contributed by atoms with E-state index in [4.69, 9.17) is 0 Å². The van der Waals surface area contributed by atoms with Gasteiger partial charge in [0.05, 0.1) is 6.54 Å². The number of hydrogen-bond acceptors (Lipinski definition) is 2. The molecule has 1 amide bonds. The van der Waals surface area contributed by atoms with Crippen molar-refractivity contribution in [1.82, 2.24) is 15.5 Å². The Morgan fingerprint density at radius 1 is 1.17 bits per heavy atom. The summed E-state index contributed by atoms with van der Waals surface area (Å²) in [4.78, 5) is 18.7. The lowest BCUT2D eigenvalue weighted by atomic mass is 10.2. The molecule has 6 heteroatoms. The van der Waals surface area contributed by atoms with Crippen LogP contribution in [0, 0.1) is 0 Å². The number of carbonyl (C=O) groups excluding carboxylic acids is 1. The molecular weight excluding hydrogens is 403 g/mol. The summed E-state index contributed by atoms with van der Waals surface area (Å²) in [5.41, 5.74) is 1.12. The topological polar surface area (TPSA) is 56.7 Å². The fourth-order valence-electron chi connectivity index (χ4n) is 2.50. The summed E-state index contributed by atoms with van der Waals surface area (Å²) < 4.78 is 0. The van der Waals surface area contributed by atoms with Crippen molar-refractivity contribution in [3.8, 4) is 0 Å². The Morgan fingerprint density at radius 3 is 2.52 bits per heavy atom. The number of hydrogen-bond donors (Lipinski definition) is 2. The van der Waals surface area contributed by atoms with E-state index in [0.717, 1.165) is 31.2 Å². The average Bonchev–Trinajstić information content (AvgIpc) is 3.07. The van der Waals surface area contributed by atoms with Gasteiger partial charge in [0, 0.05) is 32.6 Å². The molecule has 1 aromatic rings. The van der Waals surface area contributed by atoms with Gasteiger partial charge in [-0.2, -0.15) is 0 Å². The number of benzene rings is 1. The molecule has 1 fully saturated rings. The fraction of sp³-hybridized carbons (Fsp3) is 0.529. The largest absolute Gasteiger partial charge is 0.357 e. The van der Waals surface area contributed by atoms with E-state index in [1.54, 1.807) is 0 Å². The molecule has 1 saturated heterocycles. The van der Waals surface area contributed by atoms with Gasteiger partial charge in [-0.05, 0) is 25.3 Å². The molecule has 0 radical (unpaired) electrons. The quantitative estimate of drug-likeness (QED) is 0.414. The van der Waals surface area contributed by atoms with Gasteiger partial charge in [0.25, 0.3) is 0 Å². The summed E-state index contributed by atoms with van der Waals surface area (Å²) in [6.45, 7) is 6.15. The van der Waals surface area contributed by atoms with Gasteiger partial charge < -0.3 is 15.5 Å². The van der Waals surface area contributed by atoms with Crippen molar-refractivity contribution >= 4 is 35.8 Å². The monoisotopic (exact) mass is 430 g/mol. The molecule has 0 atom stereocenters. The number of amides is 1. The Hall–Kier alpha value is -1.31. The van der Waals surface area contributed by atoms with Crippen LogP contribution in [0.3, 0.4) is 0 Å². The zero-order chi connectivity index (χ0) is 15.6. The molecule has 1 aromatic carbocycles. The van der Waals surface area contributed by atoms with Crippen LogP contribution in [0.5, 0.6) is 0 Å². The second kappa shape index (κ2) is 11.3. The maximum Gasteiger partial charge on any atom is 0.222 e. The van der Waals surface area contributed by atoms with Gasteiger partial charge >= 0.3 is 0 Å². The number of aliphatic imine (C=N–C) groups is 1. The fourth-order valence-corrected chi connectivity index (χ4v) is 2.50. The number of nitrogens with zero attached hydrogens (tertiary/aromatic N) is 2. The molecule has 1 aliphatic rings. The Labute approximate surface area is 156 Å². The van der Waals surface area contributed by atoms with E-state index in [2.05, 4.69) is 27.4 Å². The van der Waals surface area contributed by atoms with E-state index >= 15 is 0 Å². The SMILES string of the molecule is CCNC(=NCCC(=O)NCc1ccccc1)N1CCCC1.I. The van der Waals surface area contributed by atoms with Gasteiger partial charge in [-0.1, -0.05) is 30.3 Å². The van der Waals surface area contributed by atoms with Crippen LogP contribution < -0.4 is 10.6 Å². The van der Waals surface area contributed by atoms with E-state index in [1.807, 2.05) is 30.3 Å². The van der Waals surface area contributed by atoms with E-state index in [9.17, 15) is 4.79 Å². The van der Waals surface area contributed by atoms with Crippen molar-refractivity contribution in [1.29, 1.82) is 0 Å². The number of rotatable bonds is 6. The van der Waals surface area contributed by atoms with Crippen molar-refractivity contribution in [2.45, 2.75) is 32.7 Å². The molecule has 2 rings (SSSR count). The molecule has 0 bridgehead atoms. The second-order valence-corrected chi connectivity index (χ2v) is 5.44. The predicted octanol–water partition coefficient (Wildman–Crippen LogP) is 2.37. The van der Waals surface area contributed by atoms with Crippen molar-refractivity contribution < 1.29 is 4.79 Å². The minimum absolute atomic E-state index is 0. The van der Waals surface area contributed by atoms with Crippen LogP contribution in [0.2, 0.25) is 0 Å². The minimum Gasteiger partial charge on any atom is -0.357 e. The van der Waals surface area contributed by atoms with Crippen molar-refractivity contribution in [2.75, 3.05) is 26.2 Å². The second-order valence-electron chi connectivity index (χ2n) is 5.44. The maximum atomic E-state index is 11.9. The van der Waals surface area contributed by atoms with Gasteiger partial charge in [-0.25, -0.2) is 0 Å². The number of likely N-dealkylation sites (tertiary alicyclic amines) is 1. The van der Waals surface area contributed by atoms with Crippen LogP contribution in [0.4, 0.5) is 0 Å². The smallest absolute Gasteiger partial charge is 0.222 e. The van der Waals surface area contributed by atoms with Gasteiger partial charge in [0.2, 0.25) is 5.91 Å².